The summed E-state index contributed by atoms with van der Waals surface area (Å²) in [5, 5.41) is 10.1. The quantitative estimate of drug-likeness (QED) is 0.811. The molecule has 2 fully saturated rings. The molecule has 4 unspecified atom stereocenters. The Morgan fingerprint density at radius 1 is 1.25 bits per heavy atom. The number of carbonyl (C=O) groups excluding carboxylic acids is 1. The molecule has 3 nitrogen and oxygen atoms in total. The third kappa shape index (κ3) is 3.36. The lowest BCUT2D eigenvalue weighted by atomic mass is 9.92. The Hall–Kier alpha value is -0.570. The number of nitrogens with zero attached hydrogens (tertiary/aromatic N) is 1. The first-order valence-corrected chi connectivity index (χ1v) is 8.67. The third-order valence-electron chi connectivity index (χ3n) is 5.36. The minimum absolute atomic E-state index is 0.177. The molecule has 1 heterocycles. The van der Waals surface area contributed by atoms with Crippen LogP contribution >= 0.6 is 0 Å². The van der Waals surface area contributed by atoms with E-state index in [1.807, 2.05) is 0 Å². The molecule has 2 rings (SSSR count). The lowest BCUT2D eigenvalue weighted by molar-refractivity contribution is -0.138. The van der Waals surface area contributed by atoms with Crippen LogP contribution in [0.4, 0.5) is 0 Å². The molecule has 1 amide bonds. The fourth-order valence-electron chi connectivity index (χ4n) is 4.12. The van der Waals surface area contributed by atoms with Crippen molar-refractivity contribution in [1.82, 2.24) is 4.90 Å². The van der Waals surface area contributed by atoms with Crippen molar-refractivity contribution in [2.45, 2.75) is 83.8 Å². The van der Waals surface area contributed by atoms with Gasteiger partial charge in [-0.2, -0.15) is 0 Å². The van der Waals surface area contributed by atoms with Crippen molar-refractivity contribution in [2.75, 3.05) is 6.54 Å². The van der Waals surface area contributed by atoms with Crippen molar-refractivity contribution in [3.63, 3.8) is 0 Å². The van der Waals surface area contributed by atoms with Crippen molar-refractivity contribution in [1.29, 1.82) is 0 Å². The van der Waals surface area contributed by atoms with Gasteiger partial charge in [0, 0.05) is 24.4 Å². The summed E-state index contributed by atoms with van der Waals surface area (Å²) in [6, 6.07) is 0.315. The fourth-order valence-corrected chi connectivity index (χ4v) is 4.12. The fraction of sp³-hybridized carbons (Fsp3) is 0.941. The molecular weight excluding hydrogens is 250 g/mol. The second-order valence-electron chi connectivity index (χ2n) is 6.65. The van der Waals surface area contributed by atoms with Gasteiger partial charge in [-0.1, -0.05) is 33.1 Å². The zero-order valence-electron chi connectivity index (χ0n) is 13.2. The molecule has 0 aromatic carbocycles. The van der Waals surface area contributed by atoms with Crippen LogP contribution in [0.15, 0.2) is 0 Å². The number of aliphatic hydroxyl groups is 1. The van der Waals surface area contributed by atoms with Gasteiger partial charge in [0.15, 0.2) is 0 Å². The minimum Gasteiger partial charge on any atom is -0.393 e. The second kappa shape index (κ2) is 7.44. The van der Waals surface area contributed by atoms with E-state index in [-0.39, 0.29) is 12.0 Å². The zero-order valence-corrected chi connectivity index (χ0v) is 13.2. The Labute approximate surface area is 123 Å². The predicted molar refractivity (Wildman–Crippen MR) is 81.4 cm³/mol. The van der Waals surface area contributed by atoms with Crippen LogP contribution in [0, 0.1) is 11.8 Å². The highest BCUT2D eigenvalue weighted by Crippen LogP contribution is 2.36. The third-order valence-corrected chi connectivity index (χ3v) is 5.36. The Morgan fingerprint density at radius 3 is 2.65 bits per heavy atom. The standard InChI is InChI=1S/C17H31NO2/c1-3-5-8-13(4-2)17(20)18-12-7-10-15(18)14-9-6-11-16(14)19/h13-16,19H,3-12H2,1-2H3. The first-order valence-electron chi connectivity index (χ1n) is 8.67. The van der Waals surface area contributed by atoms with Crippen molar-refractivity contribution in [3.8, 4) is 0 Å². The SMILES string of the molecule is CCCCC(CC)C(=O)N1CCCC1C1CCCC1O. The van der Waals surface area contributed by atoms with Crippen LogP contribution in [0.2, 0.25) is 0 Å². The van der Waals surface area contributed by atoms with Gasteiger partial charge in [0.1, 0.15) is 0 Å². The van der Waals surface area contributed by atoms with E-state index in [2.05, 4.69) is 18.7 Å². The highest BCUT2D eigenvalue weighted by Gasteiger charge is 2.41. The van der Waals surface area contributed by atoms with Gasteiger partial charge in [0.2, 0.25) is 5.91 Å². The first-order chi connectivity index (χ1) is 9.69. The number of rotatable bonds is 6. The molecule has 116 valence electrons. The summed E-state index contributed by atoms with van der Waals surface area (Å²) in [4.78, 5) is 14.9. The number of carbonyl (C=O) groups is 1. The molecule has 3 heteroatoms. The number of likely N-dealkylation sites (tertiary alicyclic amines) is 1. The molecular formula is C17H31NO2. The van der Waals surface area contributed by atoms with Gasteiger partial charge in [0.25, 0.3) is 0 Å². The van der Waals surface area contributed by atoms with Crippen LogP contribution in [0.1, 0.15) is 71.6 Å². The smallest absolute Gasteiger partial charge is 0.225 e. The monoisotopic (exact) mass is 281 g/mol. The number of hydrogen-bond donors (Lipinski definition) is 1. The highest BCUT2D eigenvalue weighted by molar-refractivity contribution is 5.79. The maximum Gasteiger partial charge on any atom is 0.225 e. The van der Waals surface area contributed by atoms with Crippen LogP contribution in [0.25, 0.3) is 0 Å². The Bertz CT molecular complexity index is 318. The molecule has 1 aliphatic carbocycles. The average Bonchev–Trinajstić information content (AvgIpc) is 3.07. The van der Waals surface area contributed by atoms with Crippen molar-refractivity contribution in [2.24, 2.45) is 11.8 Å². The van der Waals surface area contributed by atoms with Crippen LogP contribution in [-0.4, -0.2) is 34.6 Å². The predicted octanol–water partition coefficient (Wildman–Crippen LogP) is 3.35. The number of amides is 1. The van der Waals surface area contributed by atoms with Gasteiger partial charge < -0.3 is 10.0 Å². The molecule has 0 spiro atoms. The molecule has 0 bridgehead atoms. The maximum atomic E-state index is 12.8. The van der Waals surface area contributed by atoms with Crippen molar-refractivity contribution >= 4 is 5.91 Å². The van der Waals surface area contributed by atoms with E-state index in [0.29, 0.717) is 17.9 Å². The average molecular weight is 281 g/mol. The topological polar surface area (TPSA) is 40.5 Å². The molecule has 1 saturated carbocycles. The largest absolute Gasteiger partial charge is 0.393 e. The first kappa shape index (κ1) is 15.8. The van der Waals surface area contributed by atoms with Gasteiger partial charge in [-0.15, -0.1) is 0 Å². The van der Waals surface area contributed by atoms with Gasteiger partial charge in [0.05, 0.1) is 6.10 Å². The Kier molecular flexibility index (Phi) is 5.88. The summed E-state index contributed by atoms with van der Waals surface area (Å²) in [5.74, 6) is 0.904. The van der Waals surface area contributed by atoms with E-state index in [1.165, 1.54) is 0 Å². The number of aliphatic hydroxyl groups excluding tert-OH is 1. The lowest BCUT2D eigenvalue weighted by Gasteiger charge is -2.33. The molecule has 4 atom stereocenters. The maximum absolute atomic E-state index is 12.8. The number of unbranched alkanes of at least 4 members (excludes halogenated alkanes) is 1. The van der Waals surface area contributed by atoms with E-state index >= 15 is 0 Å². The Morgan fingerprint density at radius 2 is 2.05 bits per heavy atom. The lowest BCUT2D eigenvalue weighted by Crippen LogP contribution is -2.45. The summed E-state index contributed by atoms with van der Waals surface area (Å²) >= 11 is 0. The molecule has 1 aliphatic heterocycles. The summed E-state index contributed by atoms with van der Waals surface area (Å²) in [5.41, 5.74) is 0. The molecule has 2 aliphatic rings. The normalized spacial score (nSPS) is 31.8. The summed E-state index contributed by atoms with van der Waals surface area (Å²) < 4.78 is 0. The molecule has 1 saturated heterocycles. The molecule has 0 aromatic heterocycles. The van der Waals surface area contributed by atoms with Gasteiger partial charge in [-0.25, -0.2) is 0 Å². The van der Waals surface area contributed by atoms with Gasteiger partial charge in [-0.05, 0) is 38.5 Å². The summed E-state index contributed by atoms with van der Waals surface area (Å²) in [6.07, 6.45) is 9.47. The Balaban J connectivity index is 1.99. The molecule has 20 heavy (non-hydrogen) atoms. The van der Waals surface area contributed by atoms with Crippen LogP contribution in [0.5, 0.6) is 0 Å². The molecule has 0 radical (unpaired) electrons. The van der Waals surface area contributed by atoms with Crippen LogP contribution < -0.4 is 0 Å². The van der Waals surface area contributed by atoms with E-state index in [4.69, 9.17) is 0 Å². The van der Waals surface area contributed by atoms with Gasteiger partial charge in [-0.3, -0.25) is 4.79 Å². The van der Waals surface area contributed by atoms with Crippen molar-refractivity contribution in [3.05, 3.63) is 0 Å². The van der Waals surface area contributed by atoms with E-state index in [9.17, 15) is 9.90 Å². The summed E-state index contributed by atoms with van der Waals surface area (Å²) in [7, 11) is 0. The zero-order chi connectivity index (χ0) is 14.5. The second-order valence-corrected chi connectivity index (χ2v) is 6.65. The van der Waals surface area contributed by atoms with Gasteiger partial charge >= 0.3 is 0 Å². The van der Waals surface area contributed by atoms with Crippen LogP contribution in [-0.2, 0) is 4.79 Å². The van der Waals surface area contributed by atoms with Crippen LogP contribution in [0.3, 0.4) is 0 Å². The number of hydrogen-bond acceptors (Lipinski definition) is 2. The van der Waals surface area contributed by atoms with E-state index in [1.54, 1.807) is 0 Å². The highest BCUT2D eigenvalue weighted by atomic mass is 16.3. The van der Waals surface area contributed by atoms with E-state index in [0.717, 1.165) is 64.3 Å². The van der Waals surface area contributed by atoms with E-state index < -0.39 is 0 Å². The molecule has 0 aromatic rings. The minimum atomic E-state index is -0.177. The molecule has 1 N–H and O–H groups in total. The summed E-state index contributed by atoms with van der Waals surface area (Å²) in [6.45, 7) is 5.23. The van der Waals surface area contributed by atoms with Crippen molar-refractivity contribution < 1.29 is 9.90 Å².